The second kappa shape index (κ2) is 8.20. The van der Waals surface area contributed by atoms with E-state index in [0.29, 0.717) is 22.7 Å². The molecule has 1 aromatic carbocycles. The molecular weight excluding hydrogens is 314 g/mol. The van der Waals surface area contributed by atoms with Crippen molar-refractivity contribution in [3.05, 3.63) is 40.0 Å². The van der Waals surface area contributed by atoms with Crippen LogP contribution in [0.5, 0.6) is 5.75 Å². The quantitative estimate of drug-likeness (QED) is 0.534. The molecule has 0 radical (unpaired) electrons. The van der Waals surface area contributed by atoms with Crippen LogP contribution in [0.3, 0.4) is 0 Å². The molecule has 6 nitrogen and oxygen atoms in total. The summed E-state index contributed by atoms with van der Waals surface area (Å²) in [6.45, 7) is 0.669. The molecule has 1 aromatic heterocycles. The minimum absolute atomic E-state index is 0.166. The fraction of sp³-hybridized carbons (Fsp3) is 0.312. The first-order valence-electron chi connectivity index (χ1n) is 7.33. The number of aryl methyl sites for hydroxylation is 1. The Morgan fingerprint density at radius 2 is 2.22 bits per heavy atom. The fourth-order valence-electron chi connectivity index (χ4n) is 2.17. The maximum absolute atomic E-state index is 9.66. The van der Waals surface area contributed by atoms with Gasteiger partial charge in [0, 0.05) is 23.3 Å². The molecule has 0 spiro atoms. The standard InChI is InChI=1S/C16H18ClN5O/c17-12-5-6-15(23)11(8-12)10-20-7-3-1-2-4-14-13(9-18)16(19)22-21-14/h5-6,8,10,23H,1-4,7H2,(H3,19,21,22). The van der Waals surface area contributed by atoms with E-state index in [9.17, 15) is 5.11 Å². The lowest BCUT2D eigenvalue weighted by atomic mass is 10.1. The van der Waals surface area contributed by atoms with Crippen molar-refractivity contribution in [2.45, 2.75) is 25.7 Å². The van der Waals surface area contributed by atoms with Crippen molar-refractivity contribution >= 4 is 23.6 Å². The number of halogens is 1. The minimum atomic E-state index is 0.166. The van der Waals surface area contributed by atoms with Crippen LogP contribution in [0.4, 0.5) is 5.82 Å². The van der Waals surface area contributed by atoms with Crippen LogP contribution in [0.1, 0.15) is 36.1 Å². The van der Waals surface area contributed by atoms with Gasteiger partial charge < -0.3 is 10.8 Å². The van der Waals surface area contributed by atoms with Gasteiger partial charge in [-0.15, -0.1) is 0 Å². The molecule has 0 aliphatic rings. The molecule has 1 heterocycles. The van der Waals surface area contributed by atoms with E-state index in [1.807, 2.05) is 0 Å². The second-order valence-electron chi connectivity index (χ2n) is 5.12. The molecule has 2 rings (SSSR count). The molecule has 0 saturated carbocycles. The maximum atomic E-state index is 9.66. The Bertz CT molecular complexity index is 733. The van der Waals surface area contributed by atoms with Crippen molar-refractivity contribution in [3.63, 3.8) is 0 Å². The zero-order valence-corrected chi connectivity index (χ0v) is 13.3. The summed E-state index contributed by atoms with van der Waals surface area (Å²) < 4.78 is 0. The number of hydrogen-bond donors (Lipinski definition) is 3. The van der Waals surface area contributed by atoms with Crippen LogP contribution in [-0.2, 0) is 6.42 Å². The predicted molar refractivity (Wildman–Crippen MR) is 90.8 cm³/mol. The summed E-state index contributed by atoms with van der Waals surface area (Å²) in [5.41, 5.74) is 7.43. The Balaban J connectivity index is 1.71. The SMILES string of the molecule is N#Cc1c(N)n[nH]c1CCCCCN=Cc1cc(Cl)ccc1O. The Morgan fingerprint density at radius 3 is 3.00 bits per heavy atom. The molecule has 0 aliphatic carbocycles. The van der Waals surface area contributed by atoms with E-state index < -0.39 is 0 Å². The van der Waals surface area contributed by atoms with Gasteiger partial charge >= 0.3 is 0 Å². The fourth-order valence-corrected chi connectivity index (χ4v) is 2.35. The summed E-state index contributed by atoms with van der Waals surface area (Å²) in [6, 6.07) is 6.91. The van der Waals surface area contributed by atoms with Gasteiger partial charge in [-0.05, 0) is 37.5 Å². The van der Waals surface area contributed by atoms with Gasteiger partial charge in [-0.3, -0.25) is 10.1 Å². The van der Waals surface area contributed by atoms with Crippen molar-refractivity contribution in [2.75, 3.05) is 12.3 Å². The number of anilines is 1. The zero-order chi connectivity index (χ0) is 16.7. The van der Waals surface area contributed by atoms with Gasteiger partial charge in [-0.1, -0.05) is 18.0 Å². The number of H-pyrrole nitrogens is 1. The first kappa shape index (κ1) is 16.8. The number of hydrogen-bond acceptors (Lipinski definition) is 5. The third-order valence-corrected chi connectivity index (χ3v) is 3.65. The highest BCUT2D eigenvalue weighted by atomic mass is 35.5. The highest BCUT2D eigenvalue weighted by molar-refractivity contribution is 6.30. The van der Waals surface area contributed by atoms with Crippen LogP contribution < -0.4 is 5.73 Å². The van der Waals surface area contributed by atoms with Crippen LogP contribution in [0, 0.1) is 11.3 Å². The summed E-state index contributed by atoms with van der Waals surface area (Å²) >= 11 is 5.87. The monoisotopic (exact) mass is 331 g/mol. The average Bonchev–Trinajstić information content (AvgIpc) is 2.89. The van der Waals surface area contributed by atoms with Crippen LogP contribution in [0.25, 0.3) is 0 Å². The van der Waals surface area contributed by atoms with Crippen molar-refractivity contribution in [1.29, 1.82) is 5.26 Å². The molecule has 2 aromatic rings. The number of aromatic amines is 1. The van der Waals surface area contributed by atoms with Crippen molar-refractivity contribution < 1.29 is 5.11 Å². The molecule has 120 valence electrons. The van der Waals surface area contributed by atoms with E-state index in [0.717, 1.165) is 31.4 Å². The Morgan fingerprint density at radius 1 is 1.39 bits per heavy atom. The molecule has 0 fully saturated rings. The van der Waals surface area contributed by atoms with E-state index in [2.05, 4.69) is 21.3 Å². The highest BCUT2D eigenvalue weighted by Crippen LogP contribution is 2.19. The maximum Gasteiger partial charge on any atom is 0.163 e. The molecule has 0 amide bonds. The topological polar surface area (TPSA) is 111 Å². The van der Waals surface area contributed by atoms with Gasteiger partial charge in [0.05, 0.1) is 5.69 Å². The van der Waals surface area contributed by atoms with Gasteiger partial charge in [-0.2, -0.15) is 10.4 Å². The Hall–Kier alpha value is -2.52. The summed E-state index contributed by atoms with van der Waals surface area (Å²) in [5.74, 6) is 0.424. The lowest BCUT2D eigenvalue weighted by molar-refractivity contribution is 0.474. The van der Waals surface area contributed by atoms with Crippen LogP contribution in [0.15, 0.2) is 23.2 Å². The number of rotatable bonds is 7. The summed E-state index contributed by atoms with van der Waals surface area (Å²) in [7, 11) is 0. The van der Waals surface area contributed by atoms with E-state index in [1.165, 1.54) is 0 Å². The number of phenols is 1. The summed E-state index contributed by atoms with van der Waals surface area (Å²) in [6.07, 6.45) is 5.19. The van der Waals surface area contributed by atoms with Crippen LogP contribution >= 0.6 is 11.6 Å². The average molecular weight is 332 g/mol. The largest absolute Gasteiger partial charge is 0.507 e. The van der Waals surface area contributed by atoms with E-state index >= 15 is 0 Å². The first-order valence-corrected chi connectivity index (χ1v) is 7.70. The number of nitrogen functional groups attached to an aromatic ring is 1. The molecule has 0 bridgehead atoms. The third kappa shape index (κ3) is 4.73. The first-order chi connectivity index (χ1) is 11.1. The Labute approximate surface area is 139 Å². The van der Waals surface area contributed by atoms with Crippen LogP contribution in [-0.4, -0.2) is 28.1 Å². The lowest BCUT2D eigenvalue weighted by Crippen LogP contribution is -1.92. The number of nitrogens with zero attached hydrogens (tertiary/aromatic N) is 3. The normalized spacial score (nSPS) is 11.0. The summed E-state index contributed by atoms with van der Waals surface area (Å²) in [4.78, 5) is 4.29. The lowest BCUT2D eigenvalue weighted by Gasteiger charge is -2.00. The van der Waals surface area contributed by atoms with Crippen molar-refractivity contribution in [2.24, 2.45) is 4.99 Å². The van der Waals surface area contributed by atoms with Crippen molar-refractivity contribution in [1.82, 2.24) is 10.2 Å². The van der Waals surface area contributed by atoms with Gasteiger partial charge in [0.15, 0.2) is 5.82 Å². The van der Waals surface area contributed by atoms with Crippen LogP contribution in [0.2, 0.25) is 5.02 Å². The number of unbranched alkanes of at least 4 members (excludes halogenated alkanes) is 2. The van der Waals surface area contributed by atoms with Gasteiger partial charge in [-0.25, -0.2) is 0 Å². The van der Waals surface area contributed by atoms with Gasteiger partial charge in [0.1, 0.15) is 17.4 Å². The molecule has 4 N–H and O–H groups in total. The molecule has 0 atom stereocenters. The predicted octanol–water partition coefficient (Wildman–Crippen LogP) is 3.05. The van der Waals surface area contributed by atoms with Crippen molar-refractivity contribution in [3.8, 4) is 11.8 Å². The Kier molecular flexibility index (Phi) is 6.01. The number of nitrogens with two attached hydrogens (primary N) is 1. The molecular formula is C16H18ClN5O. The second-order valence-corrected chi connectivity index (χ2v) is 5.56. The van der Waals surface area contributed by atoms with E-state index in [-0.39, 0.29) is 11.6 Å². The number of benzene rings is 1. The molecule has 0 unspecified atom stereocenters. The third-order valence-electron chi connectivity index (χ3n) is 3.41. The number of nitriles is 1. The van der Waals surface area contributed by atoms with Gasteiger partial charge in [0.2, 0.25) is 0 Å². The number of nitrogens with one attached hydrogen (secondary N) is 1. The van der Waals surface area contributed by atoms with E-state index in [4.69, 9.17) is 22.6 Å². The number of phenolic OH excluding ortho intramolecular Hbond substituents is 1. The molecule has 23 heavy (non-hydrogen) atoms. The molecule has 0 aliphatic heterocycles. The summed E-state index contributed by atoms with van der Waals surface area (Å²) in [5, 5.41) is 25.8. The van der Waals surface area contributed by atoms with E-state index in [1.54, 1.807) is 24.4 Å². The number of aliphatic imine (C=N–C) groups is 1. The van der Waals surface area contributed by atoms with Gasteiger partial charge in [0.25, 0.3) is 0 Å². The number of aromatic nitrogens is 2. The minimum Gasteiger partial charge on any atom is -0.507 e. The molecule has 0 saturated heterocycles. The molecule has 7 heteroatoms. The zero-order valence-electron chi connectivity index (χ0n) is 12.6. The number of aromatic hydroxyl groups is 1. The smallest absolute Gasteiger partial charge is 0.163 e. The highest BCUT2D eigenvalue weighted by Gasteiger charge is 2.09.